The molecule has 0 radical (unpaired) electrons. The van der Waals surface area contributed by atoms with E-state index in [2.05, 4.69) is 34.4 Å². The van der Waals surface area contributed by atoms with Crippen molar-refractivity contribution in [2.24, 2.45) is 0 Å². The van der Waals surface area contributed by atoms with E-state index >= 15 is 0 Å². The molecule has 2 aromatic rings. The maximum Gasteiger partial charge on any atom is 0.357 e. The molecule has 0 fully saturated rings. The Bertz CT molecular complexity index is 571. The van der Waals surface area contributed by atoms with Gasteiger partial charge in [0.1, 0.15) is 5.00 Å². The van der Waals surface area contributed by atoms with Crippen molar-refractivity contribution in [2.75, 3.05) is 25.5 Å². The third-order valence-electron chi connectivity index (χ3n) is 3.07. The molecule has 0 unspecified atom stereocenters. The van der Waals surface area contributed by atoms with Crippen molar-refractivity contribution in [3.8, 4) is 0 Å². The van der Waals surface area contributed by atoms with Crippen LogP contribution in [0.2, 0.25) is 0 Å². The monoisotopic (exact) mass is 305 g/mol. The molecule has 0 aliphatic rings. The second-order valence-corrected chi connectivity index (χ2v) is 5.69. The first-order valence-corrected chi connectivity index (χ1v) is 7.68. The van der Waals surface area contributed by atoms with E-state index in [-0.39, 0.29) is 5.69 Å². The van der Waals surface area contributed by atoms with Crippen molar-refractivity contribution < 1.29 is 9.90 Å². The van der Waals surface area contributed by atoms with Gasteiger partial charge in [0.15, 0.2) is 5.69 Å². The lowest BCUT2D eigenvalue weighted by molar-refractivity contribution is 0.0692. The largest absolute Gasteiger partial charge is 0.476 e. The van der Waals surface area contributed by atoms with E-state index in [0.29, 0.717) is 5.00 Å². The van der Waals surface area contributed by atoms with Gasteiger partial charge in [0, 0.05) is 13.1 Å². The number of thiazole rings is 1. The number of aromatic carboxylic acids is 1. The molecule has 0 saturated carbocycles. The number of benzene rings is 1. The Morgan fingerprint density at radius 3 is 2.86 bits per heavy atom. The molecule has 6 heteroatoms. The van der Waals surface area contributed by atoms with Gasteiger partial charge in [-0.3, -0.25) is 0 Å². The number of rotatable bonds is 8. The SMILES string of the molecule is CN(CCCNc1scnc1C(=O)O)Cc1ccccc1. The number of hydrogen-bond acceptors (Lipinski definition) is 5. The number of nitrogens with zero attached hydrogens (tertiary/aromatic N) is 2. The van der Waals surface area contributed by atoms with Crippen molar-refractivity contribution in [1.82, 2.24) is 9.88 Å². The normalized spacial score (nSPS) is 10.8. The Hall–Kier alpha value is -1.92. The van der Waals surface area contributed by atoms with Crippen molar-refractivity contribution in [3.05, 3.63) is 47.1 Å². The third-order valence-corrected chi connectivity index (χ3v) is 3.85. The van der Waals surface area contributed by atoms with Gasteiger partial charge in [0.05, 0.1) is 5.51 Å². The minimum atomic E-state index is -0.986. The van der Waals surface area contributed by atoms with Crippen LogP contribution in [0, 0.1) is 0 Å². The van der Waals surface area contributed by atoms with Gasteiger partial charge < -0.3 is 15.3 Å². The summed E-state index contributed by atoms with van der Waals surface area (Å²) in [5, 5.41) is 12.7. The summed E-state index contributed by atoms with van der Waals surface area (Å²) < 4.78 is 0. The van der Waals surface area contributed by atoms with Gasteiger partial charge in [0.25, 0.3) is 0 Å². The zero-order valence-corrected chi connectivity index (χ0v) is 12.8. The number of carboxylic acids is 1. The molecule has 1 aromatic carbocycles. The second kappa shape index (κ2) is 7.75. The van der Waals surface area contributed by atoms with Gasteiger partial charge in [-0.25, -0.2) is 9.78 Å². The van der Waals surface area contributed by atoms with Gasteiger partial charge in [-0.1, -0.05) is 30.3 Å². The summed E-state index contributed by atoms with van der Waals surface area (Å²) in [6, 6.07) is 10.3. The Morgan fingerprint density at radius 2 is 2.14 bits per heavy atom. The lowest BCUT2D eigenvalue weighted by Crippen LogP contribution is -2.21. The minimum absolute atomic E-state index is 0.109. The van der Waals surface area contributed by atoms with Gasteiger partial charge in [0.2, 0.25) is 0 Å². The van der Waals surface area contributed by atoms with E-state index in [1.807, 2.05) is 18.2 Å². The first-order chi connectivity index (χ1) is 10.2. The summed E-state index contributed by atoms with van der Waals surface area (Å²) in [5.41, 5.74) is 2.95. The highest BCUT2D eigenvalue weighted by Crippen LogP contribution is 2.19. The minimum Gasteiger partial charge on any atom is -0.476 e. The lowest BCUT2D eigenvalue weighted by Gasteiger charge is -2.16. The van der Waals surface area contributed by atoms with Gasteiger partial charge in [-0.15, -0.1) is 11.3 Å². The molecule has 0 atom stereocenters. The molecule has 0 bridgehead atoms. The fraction of sp³-hybridized carbons (Fsp3) is 0.333. The van der Waals surface area contributed by atoms with Crippen LogP contribution in [0.5, 0.6) is 0 Å². The van der Waals surface area contributed by atoms with E-state index in [1.54, 1.807) is 5.51 Å². The molecule has 1 heterocycles. The number of aromatic nitrogens is 1. The molecular weight excluding hydrogens is 286 g/mol. The Balaban J connectivity index is 1.70. The first kappa shape index (κ1) is 15.5. The maximum atomic E-state index is 10.9. The zero-order chi connectivity index (χ0) is 15.1. The Morgan fingerprint density at radius 1 is 1.38 bits per heavy atom. The van der Waals surface area contributed by atoms with Gasteiger partial charge >= 0.3 is 5.97 Å². The Labute approximate surface area is 128 Å². The van der Waals surface area contributed by atoms with E-state index < -0.39 is 5.97 Å². The lowest BCUT2D eigenvalue weighted by atomic mass is 10.2. The molecule has 0 spiro atoms. The fourth-order valence-electron chi connectivity index (χ4n) is 2.05. The molecule has 0 aliphatic carbocycles. The average Bonchev–Trinajstić information content (AvgIpc) is 2.93. The summed E-state index contributed by atoms with van der Waals surface area (Å²) in [6.45, 7) is 2.60. The number of carboxylic acid groups (broad SMARTS) is 1. The molecule has 0 aliphatic heterocycles. The highest BCUT2D eigenvalue weighted by Gasteiger charge is 2.12. The van der Waals surface area contributed by atoms with E-state index in [1.165, 1.54) is 16.9 Å². The predicted molar refractivity (Wildman–Crippen MR) is 85.0 cm³/mol. The Kier molecular flexibility index (Phi) is 5.71. The third kappa shape index (κ3) is 4.84. The molecule has 2 rings (SSSR count). The van der Waals surface area contributed by atoms with Crippen LogP contribution in [0.4, 0.5) is 5.00 Å². The molecule has 2 N–H and O–H groups in total. The molecule has 1 aromatic heterocycles. The topological polar surface area (TPSA) is 65.5 Å². The van der Waals surface area contributed by atoms with Gasteiger partial charge in [-0.2, -0.15) is 0 Å². The van der Waals surface area contributed by atoms with Crippen LogP contribution in [-0.4, -0.2) is 41.1 Å². The van der Waals surface area contributed by atoms with Gasteiger partial charge in [-0.05, 0) is 25.6 Å². The highest BCUT2D eigenvalue weighted by atomic mass is 32.1. The summed E-state index contributed by atoms with van der Waals surface area (Å²) in [6.07, 6.45) is 0.945. The molecule has 112 valence electrons. The standard InChI is InChI=1S/C15H19N3O2S/c1-18(10-12-6-3-2-4-7-12)9-5-8-16-14-13(15(19)20)17-11-21-14/h2-4,6-7,11,16H,5,8-10H2,1H3,(H,19,20). The first-order valence-electron chi connectivity index (χ1n) is 6.80. The van der Waals surface area contributed by atoms with E-state index in [9.17, 15) is 4.79 Å². The van der Waals surface area contributed by atoms with E-state index in [0.717, 1.165) is 26.1 Å². The van der Waals surface area contributed by atoms with E-state index in [4.69, 9.17) is 5.11 Å². The summed E-state index contributed by atoms with van der Waals surface area (Å²) >= 11 is 1.32. The molecule has 0 amide bonds. The van der Waals surface area contributed by atoms with Crippen LogP contribution in [0.15, 0.2) is 35.8 Å². The zero-order valence-electron chi connectivity index (χ0n) is 12.0. The molecule has 0 saturated heterocycles. The van der Waals surface area contributed by atoms with Crippen LogP contribution in [-0.2, 0) is 6.54 Å². The highest BCUT2D eigenvalue weighted by molar-refractivity contribution is 7.14. The van der Waals surface area contributed by atoms with Crippen LogP contribution in [0.25, 0.3) is 0 Å². The van der Waals surface area contributed by atoms with Crippen molar-refractivity contribution in [3.63, 3.8) is 0 Å². The van der Waals surface area contributed by atoms with Crippen molar-refractivity contribution >= 4 is 22.3 Å². The molecule has 5 nitrogen and oxygen atoms in total. The summed E-state index contributed by atoms with van der Waals surface area (Å²) in [7, 11) is 2.09. The van der Waals surface area contributed by atoms with Crippen LogP contribution >= 0.6 is 11.3 Å². The number of hydrogen-bond donors (Lipinski definition) is 2. The number of nitrogens with one attached hydrogen (secondary N) is 1. The number of carbonyl (C=O) groups is 1. The molecular formula is C15H19N3O2S. The number of anilines is 1. The second-order valence-electron chi connectivity index (χ2n) is 4.84. The average molecular weight is 305 g/mol. The summed E-state index contributed by atoms with van der Waals surface area (Å²) in [5.74, 6) is -0.986. The molecule has 21 heavy (non-hydrogen) atoms. The predicted octanol–water partition coefficient (Wildman–Crippen LogP) is 2.78. The van der Waals surface area contributed by atoms with Crippen LogP contribution in [0.1, 0.15) is 22.5 Å². The van der Waals surface area contributed by atoms with Crippen molar-refractivity contribution in [2.45, 2.75) is 13.0 Å². The summed E-state index contributed by atoms with van der Waals surface area (Å²) in [4.78, 5) is 17.0. The smallest absolute Gasteiger partial charge is 0.357 e. The van der Waals surface area contributed by atoms with Crippen LogP contribution < -0.4 is 5.32 Å². The quantitative estimate of drug-likeness (QED) is 0.734. The van der Waals surface area contributed by atoms with Crippen LogP contribution in [0.3, 0.4) is 0 Å². The maximum absolute atomic E-state index is 10.9. The van der Waals surface area contributed by atoms with Crippen molar-refractivity contribution in [1.29, 1.82) is 0 Å². The fourth-order valence-corrected chi connectivity index (χ4v) is 2.75.